The van der Waals surface area contributed by atoms with Crippen LogP contribution in [0.15, 0.2) is 24.3 Å². The van der Waals surface area contributed by atoms with Gasteiger partial charge in [-0.25, -0.2) is 8.42 Å². The van der Waals surface area contributed by atoms with E-state index >= 15 is 0 Å². The molecule has 3 nitrogen and oxygen atoms in total. The summed E-state index contributed by atoms with van der Waals surface area (Å²) in [4.78, 5) is 0. The molecule has 5 heteroatoms. The van der Waals surface area contributed by atoms with Gasteiger partial charge >= 0.3 is 0 Å². The van der Waals surface area contributed by atoms with E-state index in [0.29, 0.717) is 5.56 Å². The molecular weight excluding hydrogens is 248 g/mol. The Morgan fingerprint density at radius 3 is 2.44 bits per heavy atom. The van der Waals surface area contributed by atoms with Crippen LogP contribution in [0.25, 0.3) is 0 Å². The molecule has 0 saturated carbocycles. The van der Waals surface area contributed by atoms with Gasteiger partial charge in [-0.2, -0.15) is 0 Å². The van der Waals surface area contributed by atoms with Crippen molar-refractivity contribution in [1.82, 2.24) is 0 Å². The molecule has 0 aliphatic heterocycles. The summed E-state index contributed by atoms with van der Waals surface area (Å²) in [6.45, 7) is 3.32. The zero-order valence-corrected chi connectivity index (χ0v) is 10.8. The van der Waals surface area contributed by atoms with Crippen LogP contribution in [0.4, 0.5) is 0 Å². The molecule has 0 spiro atoms. The average Bonchev–Trinajstić information content (AvgIpc) is 2.27. The fraction of sp³-hybridized carbons (Fsp3) is 0.455. The molecule has 0 aromatic heterocycles. The number of sulfone groups is 1. The lowest BCUT2D eigenvalue weighted by Gasteiger charge is -2.18. The number of alkyl halides is 1. The molecule has 0 amide bonds. The molecular formula is C11H15ClO3S. The maximum atomic E-state index is 11.5. The molecule has 1 rings (SSSR count). The summed E-state index contributed by atoms with van der Waals surface area (Å²) in [5, 5.41) is 9.93. The number of aliphatic hydroxyl groups is 1. The topological polar surface area (TPSA) is 54.4 Å². The maximum absolute atomic E-state index is 11.5. The number of benzene rings is 1. The van der Waals surface area contributed by atoms with Gasteiger partial charge in [-0.3, -0.25) is 0 Å². The molecule has 0 aliphatic rings. The van der Waals surface area contributed by atoms with E-state index in [1.54, 1.807) is 25.1 Å². The summed E-state index contributed by atoms with van der Waals surface area (Å²) in [7, 11) is -3.45. The van der Waals surface area contributed by atoms with Crippen molar-refractivity contribution in [3.63, 3.8) is 0 Å². The average molecular weight is 263 g/mol. The number of aliphatic hydroxyl groups excluding tert-OH is 1. The SMILES string of the molecule is CCS(=O)(=O)[C@@H](Cl)[C@@H](O)c1ccccc1C. The van der Waals surface area contributed by atoms with Crippen LogP contribution in [0, 0.1) is 6.92 Å². The smallest absolute Gasteiger partial charge is 0.169 e. The quantitative estimate of drug-likeness (QED) is 0.845. The van der Waals surface area contributed by atoms with Crippen LogP contribution < -0.4 is 0 Å². The predicted molar refractivity (Wildman–Crippen MR) is 65.2 cm³/mol. The summed E-state index contributed by atoms with van der Waals surface area (Å²) in [5.41, 5.74) is 1.38. The standard InChI is InChI=1S/C11H15ClO3S/c1-3-16(14,15)11(12)10(13)9-7-5-4-6-8(9)2/h4-7,10-11,13H,3H2,1-2H3/t10-,11+/m0/s1. The van der Waals surface area contributed by atoms with Gasteiger partial charge in [0.05, 0.1) is 0 Å². The minimum absolute atomic E-state index is 0.0793. The summed E-state index contributed by atoms with van der Waals surface area (Å²) in [5.74, 6) is -0.0793. The van der Waals surface area contributed by atoms with Crippen molar-refractivity contribution in [1.29, 1.82) is 0 Å². The Balaban J connectivity index is 3.04. The minimum atomic E-state index is -3.45. The third kappa shape index (κ3) is 2.75. The fourth-order valence-corrected chi connectivity index (χ4v) is 2.79. The largest absolute Gasteiger partial charge is 0.386 e. The Kier molecular flexibility index (Phi) is 4.35. The van der Waals surface area contributed by atoms with Gasteiger partial charge in [-0.15, -0.1) is 11.6 Å². The molecule has 0 unspecified atom stereocenters. The van der Waals surface area contributed by atoms with Crippen molar-refractivity contribution < 1.29 is 13.5 Å². The van der Waals surface area contributed by atoms with Crippen molar-refractivity contribution in [3.05, 3.63) is 35.4 Å². The molecule has 0 radical (unpaired) electrons. The number of rotatable bonds is 4. The molecule has 90 valence electrons. The highest BCUT2D eigenvalue weighted by Gasteiger charge is 2.30. The van der Waals surface area contributed by atoms with Crippen LogP contribution in [0.2, 0.25) is 0 Å². The van der Waals surface area contributed by atoms with Crippen LogP contribution >= 0.6 is 11.6 Å². The molecule has 0 fully saturated rings. The van der Waals surface area contributed by atoms with Gasteiger partial charge in [-0.1, -0.05) is 31.2 Å². The van der Waals surface area contributed by atoms with Crippen LogP contribution in [-0.4, -0.2) is 24.0 Å². The highest BCUT2D eigenvalue weighted by atomic mass is 35.5. The number of halogens is 1. The lowest BCUT2D eigenvalue weighted by atomic mass is 10.0. The monoisotopic (exact) mass is 262 g/mol. The van der Waals surface area contributed by atoms with Crippen molar-refractivity contribution >= 4 is 21.4 Å². The number of aryl methyl sites for hydroxylation is 1. The molecule has 2 atom stereocenters. The van der Waals surface area contributed by atoms with E-state index in [-0.39, 0.29) is 5.75 Å². The predicted octanol–water partition coefficient (Wildman–Crippen LogP) is 2.03. The van der Waals surface area contributed by atoms with Crippen LogP contribution in [0.3, 0.4) is 0 Å². The van der Waals surface area contributed by atoms with Crippen LogP contribution in [0.5, 0.6) is 0 Å². The molecule has 0 heterocycles. The van der Waals surface area contributed by atoms with Crippen LogP contribution in [-0.2, 0) is 9.84 Å². The van der Waals surface area contributed by atoms with E-state index in [4.69, 9.17) is 11.6 Å². The molecule has 1 aromatic carbocycles. The summed E-state index contributed by atoms with van der Waals surface area (Å²) >= 11 is 5.79. The second-order valence-corrected chi connectivity index (χ2v) is 6.74. The molecule has 0 bridgehead atoms. The van der Waals surface area contributed by atoms with Gasteiger partial charge in [0.25, 0.3) is 0 Å². The van der Waals surface area contributed by atoms with Gasteiger partial charge in [-0.05, 0) is 18.1 Å². The Morgan fingerprint density at radius 2 is 1.94 bits per heavy atom. The van der Waals surface area contributed by atoms with Gasteiger partial charge in [0.2, 0.25) is 0 Å². The first-order chi connectivity index (χ1) is 7.40. The lowest BCUT2D eigenvalue weighted by Crippen LogP contribution is -2.25. The van der Waals surface area contributed by atoms with Gasteiger partial charge in [0.15, 0.2) is 14.5 Å². The lowest BCUT2D eigenvalue weighted by molar-refractivity contribution is 0.191. The Bertz CT molecular complexity index is 456. The summed E-state index contributed by atoms with van der Waals surface area (Å²) < 4.78 is 21.8. The third-order valence-electron chi connectivity index (χ3n) is 2.50. The van der Waals surface area contributed by atoms with Crippen molar-refractivity contribution in [3.8, 4) is 0 Å². The van der Waals surface area contributed by atoms with Gasteiger partial charge < -0.3 is 5.11 Å². The molecule has 16 heavy (non-hydrogen) atoms. The maximum Gasteiger partial charge on any atom is 0.169 e. The minimum Gasteiger partial charge on any atom is -0.386 e. The Hall–Kier alpha value is -0.580. The highest BCUT2D eigenvalue weighted by Crippen LogP contribution is 2.27. The zero-order valence-electron chi connectivity index (χ0n) is 9.22. The normalized spacial score (nSPS) is 15.8. The third-order valence-corrected chi connectivity index (χ3v) is 5.30. The molecule has 1 aromatic rings. The molecule has 1 N–H and O–H groups in total. The van der Waals surface area contributed by atoms with Crippen molar-refractivity contribution in [2.45, 2.75) is 24.7 Å². The molecule has 0 aliphatic carbocycles. The second-order valence-electron chi connectivity index (χ2n) is 3.60. The van der Waals surface area contributed by atoms with Crippen molar-refractivity contribution in [2.24, 2.45) is 0 Å². The summed E-state index contributed by atoms with van der Waals surface area (Å²) in [6, 6.07) is 7.05. The fourth-order valence-electron chi connectivity index (χ4n) is 1.42. The van der Waals surface area contributed by atoms with E-state index in [9.17, 15) is 13.5 Å². The first-order valence-corrected chi connectivity index (χ1v) is 7.14. The molecule has 0 saturated heterocycles. The first kappa shape index (κ1) is 13.5. The zero-order chi connectivity index (χ0) is 12.3. The number of hydrogen-bond acceptors (Lipinski definition) is 3. The van der Waals surface area contributed by atoms with Gasteiger partial charge in [0, 0.05) is 5.75 Å². The van der Waals surface area contributed by atoms with Crippen LogP contribution in [0.1, 0.15) is 24.2 Å². The highest BCUT2D eigenvalue weighted by molar-refractivity contribution is 7.93. The van der Waals surface area contributed by atoms with E-state index in [0.717, 1.165) is 5.56 Å². The van der Waals surface area contributed by atoms with Gasteiger partial charge in [0.1, 0.15) is 6.10 Å². The van der Waals surface area contributed by atoms with E-state index in [1.807, 2.05) is 6.07 Å². The Morgan fingerprint density at radius 1 is 1.38 bits per heavy atom. The van der Waals surface area contributed by atoms with E-state index in [1.165, 1.54) is 6.92 Å². The first-order valence-electron chi connectivity index (χ1n) is 4.99. The summed E-state index contributed by atoms with van der Waals surface area (Å²) in [6.07, 6.45) is -1.19. The Labute approximate surface area is 101 Å². The van der Waals surface area contributed by atoms with E-state index < -0.39 is 20.7 Å². The number of hydrogen-bond donors (Lipinski definition) is 1. The van der Waals surface area contributed by atoms with Crippen molar-refractivity contribution in [2.75, 3.05) is 5.75 Å². The van der Waals surface area contributed by atoms with E-state index in [2.05, 4.69) is 0 Å². The second kappa shape index (κ2) is 5.17.